The molecule has 0 aliphatic heterocycles. The van der Waals surface area contributed by atoms with Gasteiger partial charge in [0.05, 0.1) is 0 Å². The molecule has 0 spiro atoms. The van der Waals surface area contributed by atoms with Crippen molar-refractivity contribution in [3.63, 3.8) is 0 Å². The van der Waals surface area contributed by atoms with E-state index in [1.54, 1.807) is 0 Å². The van der Waals surface area contributed by atoms with Crippen molar-refractivity contribution >= 4 is 5.95 Å². The largest absolute Gasteiger partial charge is 0.382 e. The maximum Gasteiger partial charge on any atom is 0.202 e. The lowest BCUT2D eigenvalue weighted by Gasteiger charge is -2.33. The summed E-state index contributed by atoms with van der Waals surface area (Å²) in [6.45, 7) is 9.35. The quantitative estimate of drug-likeness (QED) is 0.776. The van der Waals surface area contributed by atoms with Crippen LogP contribution in [-0.4, -0.2) is 28.8 Å². The van der Waals surface area contributed by atoms with Gasteiger partial charge in [0.25, 0.3) is 0 Å². The molecule has 1 aromatic heterocycles. The van der Waals surface area contributed by atoms with E-state index in [1.165, 1.54) is 19.3 Å². The Morgan fingerprint density at radius 2 is 2.25 bits per heavy atom. The number of aromatic nitrogens is 2. The van der Waals surface area contributed by atoms with E-state index in [0.29, 0.717) is 6.04 Å². The summed E-state index contributed by atoms with van der Waals surface area (Å²) in [7, 11) is 0. The molecule has 1 heterocycles. The zero-order valence-electron chi connectivity index (χ0n) is 13.1. The Morgan fingerprint density at radius 1 is 1.40 bits per heavy atom. The van der Waals surface area contributed by atoms with Crippen LogP contribution in [0.15, 0.2) is 12.4 Å². The Hall–Kier alpha value is -1.03. The van der Waals surface area contributed by atoms with Crippen LogP contribution >= 0.6 is 0 Å². The maximum absolute atomic E-state index is 5.40. The predicted octanol–water partition coefficient (Wildman–Crippen LogP) is 3.55. The summed E-state index contributed by atoms with van der Waals surface area (Å²) in [5.74, 6) is 2.62. The Labute approximate surface area is 122 Å². The van der Waals surface area contributed by atoms with Gasteiger partial charge in [0.2, 0.25) is 5.95 Å². The third-order valence-electron chi connectivity index (χ3n) is 4.35. The lowest BCUT2D eigenvalue weighted by molar-refractivity contribution is 0.141. The van der Waals surface area contributed by atoms with Crippen LogP contribution in [0.3, 0.4) is 0 Å². The minimum absolute atomic E-state index is 0.569. The Morgan fingerprint density at radius 3 is 3.00 bits per heavy atom. The number of ether oxygens (including phenoxy) is 1. The molecule has 1 fully saturated rings. The summed E-state index contributed by atoms with van der Waals surface area (Å²) in [5.41, 5.74) is 0. The molecule has 0 amide bonds. The highest BCUT2D eigenvalue weighted by atomic mass is 16.5. The monoisotopic (exact) mass is 279 g/mol. The number of imidazole rings is 1. The van der Waals surface area contributed by atoms with Crippen molar-refractivity contribution in [1.29, 1.82) is 0 Å². The summed E-state index contributed by atoms with van der Waals surface area (Å²) in [6, 6.07) is 0.569. The number of rotatable bonds is 7. The van der Waals surface area contributed by atoms with Gasteiger partial charge in [0, 0.05) is 38.2 Å². The number of aryl methyl sites for hydroxylation is 1. The van der Waals surface area contributed by atoms with E-state index in [1.807, 2.05) is 13.1 Å². The number of nitrogens with zero attached hydrogens (tertiary/aromatic N) is 2. The van der Waals surface area contributed by atoms with E-state index in [-0.39, 0.29) is 0 Å². The van der Waals surface area contributed by atoms with Crippen molar-refractivity contribution in [3.8, 4) is 0 Å². The molecule has 2 rings (SSSR count). The van der Waals surface area contributed by atoms with Crippen LogP contribution in [0, 0.1) is 11.8 Å². The molecule has 3 atom stereocenters. The second-order valence-electron chi connectivity index (χ2n) is 6.14. The SMILES string of the molecule is CCOCCCn1ccnc1NC1CCC(C)CC1C. The Kier molecular flexibility index (Phi) is 5.89. The van der Waals surface area contributed by atoms with Crippen LogP contribution in [0.5, 0.6) is 0 Å². The molecule has 20 heavy (non-hydrogen) atoms. The molecule has 0 saturated heterocycles. The first-order valence-corrected chi connectivity index (χ1v) is 8.06. The average molecular weight is 279 g/mol. The smallest absolute Gasteiger partial charge is 0.202 e. The highest BCUT2D eigenvalue weighted by molar-refractivity contribution is 5.28. The van der Waals surface area contributed by atoms with Crippen molar-refractivity contribution in [3.05, 3.63) is 12.4 Å². The first kappa shape index (κ1) is 15.4. The molecular weight excluding hydrogens is 250 g/mol. The zero-order chi connectivity index (χ0) is 14.4. The number of hydrogen-bond acceptors (Lipinski definition) is 3. The predicted molar refractivity (Wildman–Crippen MR) is 82.9 cm³/mol. The molecule has 1 aromatic rings. The van der Waals surface area contributed by atoms with Gasteiger partial charge >= 0.3 is 0 Å². The molecule has 1 saturated carbocycles. The normalized spacial score (nSPS) is 26.6. The molecular formula is C16H29N3O. The van der Waals surface area contributed by atoms with Gasteiger partial charge in [0.15, 0.2) is 0 Å². The third kappa shape index (κ3) is 4.23. The lowest BCUT2D eigenvalue weighted by atomic mass is 9.80. The van der Waals surface area contributed by atoms with E-state index in [2.05, 4.69) is 34.9 Å². The van der Waals surface area contributed by atoms with Crippen LogP contribution in [-0.2, 0) is 11.3 Å². The van der Waals surface area contributed by atoms with Crippen LogP contribution in [0.4, 0.5) is 5.95 Å². The number of hydrogen-bond donors (Lipinski definition) is 1. The van der Waals surface area contributed by atoms with Crippen LogP contribution < -0.4 is 5.32 Å². The van der Waals surface area contributed by atoms with E-state index in [4.69, 9.17) is 4.74 Å². The summed E-state index contributed by atoms with van der Waals surface area (Å²) < 4.78 is 7.61. The molecule has 4 heteroatoms. The fourth-order valence-electron chi connectivity index (χ4n) is 3.16. The van der Waals surface area contributed by atoms with Gasteiger partial charge in [-0.05, 0) is 44.4 Å². The number of nitrogens with one attached hydrogen (secondary N) is 1. The molecule has 1 aliphatic carbocycles. The maximum atomic E-state index is 5.40. The van der Waals surface area contributed by atoms with Gasteiger partial charge in [-0.2, -0.15) is 0 Å². The molecule has 0 radical (unpaired) electrons. The molecule has 0 aromatic carbocycles. The summed E-state index contributed by atoms with van der Waals surface area (Å²) in [4.78, 5) is 4.47. The summed E-state index contributed by atoms with van der Waals surface area (Å²) in [6.07, 6.45) is 8.89. The third-order valence-corrected chi connectivity index (χ3v) is 4.35. The highest BCUT2D eigenvalue weighted by Gasteiger charge is 2.25. The summed E-state index contributed by atoms with van der Waals surface area (Å²) >= 11 is 0. The van der Waals surface area contributed by atoms with E-state index in [9.17, 15) is 0 Å². The molecule has 1 aliphatic rings. The van der Waals surface area contributed by atoms with Crippen LogP contribution in [0.25, 0.3) is 0 Å². The van der Waals surface area contributed by atoms with Gasteiger partial charge < -0.3 is 14.6 Å². The first-order chi connectivity index (χ1) is 9.70. The number of anilines is 1. The minimum Gasteiger partial charge on any atom is -0.382 e. The highest BCUT2D eigenvalue weighted by Crippen LogP contribution is 2.30. The van der Waals surface area contributed by atoms with Gasteiger partial charge in [-0.3, -0.25) is 0 Å². The average Bonchev–Trinajstić information content (AvgIpc) is 2.85. The lowest BCUT2D eigenvalue weighted by Crippen LogP contribution is -2.34. The van der Waals surface area contributed by atoms with Crippen molar-refractivity contribution < 1.29 is 4.74 Å². The van der Waals surface area contributed by atoms with Crippen molar-refractivity contribution in [1.82, 2.24) is 9.55 Å². The van der Waals surface area contributed by atoms with Crippen molar-refractivity contribution in [2.45, 2.75) is 59.0 Å². The Balaban J connectivity index is 1.85. The van der Waals surface area contributed by atoms with Gasteiger partial charge in [-0.25, -0.2) is 4.98 Å². The van der Waals surface area contributed by atoms with Crippen LogP contribution in [0.2, 0.25) is 0 Å². The first-order valence-electron chi connectivity index (χ1n) is 8.06. The fourth-order valence-corrected chi connectivity index (χ4v) is 3.16. The molecule has 1 N–H and O–H groups in total. The fraction of sp³-hybridized carbons (Fsp3) is 0.812. The van der Waals surface area contributed by atoms with E-state index < -0.39 is 0 Å². The standard InChI is InChI=1S/C16H29N3O/c1-4-20-11-5-9-19-10-8-17-16(19)18-15-7-6-13(2)12-14(15)3/h8,10,13-15H,4-7,9,11-12H2,1-3H3,(H,17,18). The van der Waals surface area contributed by atoms with Gasteiger partial charge in [-0.1, -0.05) is 13.8 Å². The van der Waals surface area contributed by atoms with Crippen molar-refractivity contribution in [2.75, 3.05) is 18.5 Å². The zero-order valence-corrected chi connectivity index (χ0v) is 13.1. The van der Waals surface area contributed by atoms with Gasteiger partial charge in [-0.15, -0.1) is 0 Å². The second-order valence-corrected chi connectivity index (χ2v) is 6.14. The molecule has 114 valence electrons. The summed E-state index contributed by atoms with van der Waals surface area (Å²) in [5, 5.41) is 3.65. The topological polar surface area (TPSA) is 39.1 Å². The van der Waals surface area contributed by atoms with E-state index >= 15 is 0 Å². The van der Waals surface area contributed by atoms with Crippen molar-refractivity contribution in [2.24, 2.45) is 11.8 Å². The second kappa shape index (κ2) is 7.67. The molecule has 4 nitrogen and oxygen atoms in total. The van der Waals surface area contributed by atoms with Gasteiger partial charge in [0.1, 0.15) is 0 Å². The molecule has 3 unspecified atom stereocenters. The molecule has 0 bridgehead atoms. The Bertz CT molecular complexity index is 391. The minimum atomic E-state index is 0.569. The van der Waals surface area contributed by atoms with Crippen LogP contribution in [0.1, 0.15) is 46.5 Å². The van der Waals surface area contributed by atoms with E-state index in [0.717, 1.165) is 44.0 Å².